The van der Waals surface area contributed by atoms with Gasteiger partial charge in [0.05, 0.1) is 0 Å². The van der Waals surface area contributed by atoms with Crippen molar-refractivity contribution in [3.8, 4) is 0 Å². The molecule has 4 rings (SSSR count). The number of rotatable bonds is 5. The van der Waals surface area contributed by atoms with Crippen LogP contribution in [0, 0.1) is 0 Å². The minimum atomic E-state index is -0.125. The predicted octanol–water partition coefficient (Wildman–Crippen LogP) is 3.01. The van der Waals surface area contributed by atoms with Crippen molar-refractivity contribution in [2.24, 2.45) is 0 Å². The molecule has 6 nitrogen and oxygen atoms in total. The number of pyridine rings is 2. The maximum atomic E-state index is 11.8. The van der Waals surface area contributed by atoms with Crippen molar-refractivity contribution in [3.05, 3.63) is 83.2 Å². The molecule has 3 aromatic rings. The molecule has 0 radical (unpaired) electrons. The Kier molecular flexibility index (Phi) is 5.19. The molecule has 1 amide bonds. The van der Waals surface area contributed by atoms with Gasteiger partial charge in [0.25, 0.3) is 5.91 Å². The molecule has 0 spiro atoms. The number of anilines is 2. The van der Waals surface area contributed by atoms with Gasteiger partial charge in [-0.05, 0) is 35.7 Å². The lowest BCUT2D eigenvalue weighted by molar-refractivity contribution is 0.0963. The topological polar surface area (TPSA) is 70.1 Å². The van der Waals surface area contributed by atoms with E-state index in [1.807, 2.05) is 12.3 Å². The van der Waals surface area contributed by atoms with Crippen LogP contribution in [-0.2, 0) is 19.5 Å². The van der Waals surface area contributed by atoms with Gasteiger partial charge in [-0.1, -0.05) is 30.3 Å². The second kappa shape index (κ2) is 8.08. The Hall–Kier alpha value is -3.41. The van der Waals surface area contributed by atoms with Crippen LogP contribution in [0.25, 0.3) is 0 Å². The minimum Gasteiger partial charge on any atom is -0.366 e. The molecule has 0 fully saturated rings. The smallest absolute Gasteiger partial charge is 0.251 e. The SMILES string of the molecule is CNC(=O)c1ccnc(NCc2cccnc2N2CCc3ccccc3C2)c1. The first-order valence-electron chi connectivity index (χ1n) is 9.42. The lowest BCUT2D eigenvalue weighted by Gasteiger charge is -2.31. The molecule has 1 aromatic carbocycles. The van der Waals surface area contributed by atoms with Crippen molar-refractivity contribution in [1.82, 2.24) is 15.3 Å². The molecule has 0 bridgehead atoms. The number of hydrogen-bond donors (Lipinski definition) is 2. The number of benzene rings is 1. The van der Waals surface area contributed by atoms with E-state index in [1.165, 1.54) is 11.1 Å². The third kappa shape index (κ3) is 3.81. The van der Waals surface area contributed by atoms with Crippen LogP contribution in [-0.4, -0.2) is 29.5 Å². The summed E-state index contributed by atoms with van der Waals surface area (Å²) in [5.74, 6) is 1.53. The average molecular weight is 373 g/mol. The van der Waals surface area contributed by atoms with Crippen LogP contribution in [0.2, 0.25) is 0 Å². The molecule has 2 aromatic heterocycles. The van der Waals surface area contributed by atoms with Crippen molar-refractivity contribution >= 4 is 17.5 Å². The molecule has 0 saturated carbocycles. The van der Waals surface area contributed by atoms with E-state index in [2.05, 4.69) is 55.8 Å². The van der Waals surface area contributed by atoms with Gasteiger partial charge in [-0.15, -0.1) is 0 Å². The van der Waals surface area contributed by atoms with Crippen LogP contribution in [0.3, 0.4) is 0 Å². The van der Waals surface area contributed by atoms with Crippen LogP contribution in [0.4, 0.5) is 11.6 Å². The fourth-order valence-corrected chi connectivity index (χ4v) is 3.53. The molecule has 28 heavy (non-hydrogen) atoms. The molecule has 0 saturated heterocycles. The third-order valence-corrected chi connectivity index (χ3v) is 5.01. The molecule has 142 valence electrons. The zero-order valence-corrected chi connectivity index (χ0v) is 15.9. The Morgan fingerprint density at radius 1 is 1.07 bits per heavy atom. The number of nitrogens with zero attached hydrogens (tertiary/aromatic N) is 3. The summed E-state index contributed by atoms with van der Waals surface area (Å²) in [6, 6.07) is 16.1. The Morgan fingerprint density at radius 3 is 2.79 bits per heavy atom. The largest absolute Gasteiger partial charge is 0.366 e. The fourth-order valence-electron chi connectivity index (χ4n) is 3.53. The maximum Gasteiger partial charge on any atom is 0.251 e. The van der Waals surface area contributed by atoms with E-state index in [0.29, 0.717) is 17.9 Å². The van der Waals surface area contributed by atoms with Gasteiger partial charge < -0.3 is 15.5 Å². The van der Waals surface area contributed by atoms with Crippen LogP contribution in [0.15, 0.2) is 60.9 Å². The van der Waals surface area contributed by atoms with E-state index in [-0.39, 0.29) is 5.91 Å². The second-order valence-corrected chi connectivity index (χ2v) is 6.79. The van der Waals surface area contributed by atoms with E-state index in [9.17, 15) is 4.79 Å². The van der Waals surface area contributed by atoms with Gasteiger partial charge in [0.15, 0.2) is 0 Å². The zero-order valence-electron chi connectivity index (χ0n) is 15.9. The van der Waals surface area contributed by atoms with E-state index in [4.69, 9.17) is 0 Å². The molecule has 1 aliphatic rings. The fraction of sp³-hybridized carbons (Fsp3) is 0.227. The van der Waals surface area contributed by atoms with Crippen molar-refractivity contribution in [3.63, 3.8) is 0 Å². The Bertz CT molecular complexity index is 988. The summed E-state index contributed by atoms with van der Waals surface area (Å²) in [5, 5.41) is 5.95. The molecule has 0 atom stereocenters. The highest BCUT2D eigenvalue weighted by molar-refractivity contribution is 5.94. The van der Waals surface area contributed by atoms with Crippen molar-refractivity contribution in [2.45, 2.75) is 19.5 Å². The van der Waals surface area contributed by atoms with E-state index in [0.717, 1.165) is 30.9 Å². The van der Waals surface area contributed by atoms with Crippen LogP contribution >= 0.6 is 0 Å². The van der Waals surface area contributed by atoms with Crippen molar-refractivity contribution in [2.75, 3.05) is 23.8 Å². The van der Waals surface area contributed by atoms with Crippen molar-refractivity contribution < 1.29 is 4.79 Å². The van der Waals surface area contributed by atoms with Crippen LogP contribution < -0.4 is 15.5 Å². The monoisotopic (exact) mass is 373 g/mol. The molecule has 3 heterocycles. The quantitative estimate of drug-likeness (QED) is 0.719. The van der Waals surface area contributed by atoms with Gasteiger partial charge in [0.1, 0.15) is 11.6 Å². The first kappa shape index (κ1) is 18.0. The summed E-state index contributed by atoms with van der Waals surface area (Å²) in [6.45, 7) is 2.40. The predicted molar refractivity (Wildman–Crippen MR) is 110 cm³/mol. The number of nitrogens with one attached hydrogen (secondary N) is 2. The van der Waals surface area contributed by atoms with Gasteiger partial charge in [-0.25, -0.2) is 9.97 Å². The van der Waals surface area contributed by atoms with E-state index < -0.39 is 0 Å². The molecule has 2 N–H and O–H groups in total. The third-order valence-electron chi connectivity index (χ3n) is 5.01. The highest BCUT2D eigenvalue weighted by Gasteiger charge is 2.19. The molecular weight excluding hydrogens is 350 g/mol. The molecule has 1 aliphatic heterocycles. The molecule has 0 unspecified atom stereocenters. The molecule has 6 heteroatoms. The average Bonchev–Trinajstić information content (AvgIpc) is 2.77. The number of amides is 1. The maximum absolute atomic E-state index is 11.8. The van der Waals surface area contributed by atoms with Crippen LogP contribution in [0.1, 0.15) is 27.0 Å². The summed E-state index contributed by atoms with van der Waals surface area (Å²) in [7, 11) is 1.62. The lowest BCUT2D eigenvalue weighted by Crippen LogP contribution is -2.32. The molecular formula is C22H23N5O. The Balaban J connectivity index is 1.51. The van der Waals surface area contributed by atoms with Crippen LogP contribution in [0.5, 0.6) is 0 Å². The second-order valence-electron chi connectivity index (χ2n) is 6.79. The summed E-state index contributed by atoms with van der Waals surface area (Å²) in [6.07, 6.45) is 4.50. The van der Waals surface area contributed by atoms with E-state index in [1.54, 1.807) is 25.4 Å². The first-order chi connectivity index (χ1) is 13.7. The van der Waals surface area contributed by atoms with E-state index >= 15 is 0 Å². The van der Waals surface area contributed by atoms with Gasteiger partial charge in [0.2, 0.25) is 0 Å². The Morgan fingerprint density at radius 2 is 1.93 bits per heavy atom. The lowest BCUT2D eigenvalue weighted by atomic mass is 9.99. The van der Waals surface area contributed by atoms with Gasteiger partial charge in [0, 0.05) is 50.2 Å². The highest BCUT2D eigenvalue weighted by Crippen LogP contribution is 2.26. The van der Waals surface area contributed by atoms with Gasteiger partial charge in [-0.3, -0.25) is 4.79 Å². The number of carbonyl (C=O) groups excluding carboxylic acids is 1. The molecule has 0 aliphatic carbocycles. The zero-order chi connectivity index (χ0) is 19.3. The minimum absolute atomic E-state index is 0.125. The van der Waals surface area contributed by atoms with Crippen molar-refractivity contribution in [1.29, 1.82) is 0 Å². The first-order valence-corrected chi connectivity index (χ1v) is 9.42. The summed E-state index contributed by atoms with van der Waals surface area (Å²) >= 11 is 0. The number of aromatic nitrogens is 2. The summed E-state index contributed by atoms with van der Waals surface area (Å²) in [5.41, 5.74) is 4.47. The number of carbonyl (C=O) groups is 1. The number of fused-ring (bicyclic) bond motifs is 1. The summed E-state index contributed by atoms with van der Waals surface area (Å²) < 4.78 is 0. The van der Waals surface area contributed by atoms with Gasteiger partial charge in [-0.2, -0.15) is 0 Å². The van der Waals surface area contributed by atoms with Gasteiger partial charge >= 0.3 is 0 Å². The standard InChI is InChI=1S/C22H23N5O/c1-23-22(28)17-8-11-24-20(13-17)26-14-18-7-4-10-25-21(18)27-12-9-16-5-2-3-6-19(16)15-27/h2-8,10-11,13H,9,12,14-15H2,1H3,(H,23,28)(H,24,26). The summed E-state index contributed by atoms with van der Waals surface area (Å²) in [4.78, 5) is 23.1. The normalized spacial score (nSPS) is 13.0. The number of hydrogen-bond acceptors (Lipinski definition) is 5. The Labute approximate surface area is 164 Å². The highest BCUT2D eigenvalue weighted by atomic mass is 16.1.